The minimum absolute atomic E-state index is 0.0995. The highest BCUT2D eigenvalue weighted by atomic mass is 32.1. The molecule has 1 aliphatic rings. The lowest BCUT2D eigenvalue weighted by Crippen LogP contribution is -2.23. The number of rotatable bonds is 5. The summed E-state index contributed by atoms with van der Waals surface area (Å²) in [6.07, 6.45) is 4.34. The smallest absolute Gasteiger partial charge is 0.346 e. The molecule has 0 radical (unpaired) electrons. The van der Waals surface area contributed by atoms with Crippen LogP contribution >= 0.6 is 11.3 Å². The number of ether oxygens (including phenoxy) is 1. The molecule has 0 spiro atoms. The predicted octanol–water partition coefficient (Wildman–Crippen LogP) is 3.92. The maximum Gasteiger partial charge on any atom is 0.346 e. The van der Waals surface area contributed by atoms with Crippen LogP contribution in [0.4, 0.5) is 0 Å². The molecule has 0 atom stereocenters. The highest BCUT2D eigenvalue weighted by molar-refractivity contribution is 7.14. The Balaban J connectivity index is 2.36. The van der Waals surface area contributed by atoms with Crippen molar-refractivity contribution in [2.24, 2.45) is 5.41 Å². The molecule has 0 fully saturated rings. The van der Waals surface area contributed by atoms with Gasteiger partial charge in [0, 0.05) is 4.88 Å². The van der Waals surface area contributed by atoms with Crippen LogP contribution in [0.2, 0.25) is 0 Å². The first-order chi connectivity index (χ1) is 9.85. The number of fused-ring (bicyclic) bond motifs is 1. The quantitative estimate of drug-likeness (QED) is 0.661. The average Bonchev–Trinajstić information content (AvgIpc) is 2.76. The van der Waals surface area contributed by atoms with E-state index in [1.807, 2.05) is 6.92 Å². The van der Waals surface area contributed by atoms with E-state index in [2.05, 4.69) is 13.8 Å². The molecule has 21 heavy (non-hydrogen) atoms. The lowest BCUT2D eigenvalue weighted by atomic mass is 9.76. The summed E-state index contributed by atoms with van der Waals surface area (Å²) in [7, 11) is 0. The van der Waals surface area contributed by atoms with E-state index < -0.39 is 11.9 Å². The molecule has 0 bridgehead atoms. The molecule has 4 nitrogen and oxygen atoms in total. The Morgan fingerprint density at radius 3 is 2.71 bits per heavy atom. The monoisotopic (exact) mass is 310 g/mol. The van der Waals surface area contributed by atoms with Crippen LogP contribution in [0.5, 0.6) is 0 Å². The number of thiophene rings is 1. The van der Waals surface area contributed by atoms with E-state index in [0.29, 0.717) is 12.2 Å². The summed E-state index contributed by atoms with van der Waals surface area (Å²) in [5.74, 6) is -1.51. The normalized spacial score (nSPS) is 16.3. The summed E-state index contributed by atoms with van der Waals surface area (Å²) in [6.45, 7) is 6.67. The van der Waals surface area contributed by atoms with Crippen LogP contribution in [-0.2, 0) is 17.6 Å². The second-order valence-electron chi connectivity index (χ2n) is 6.34. The van der Waals surface area contributed by atoms with E-state index in [1.165, 1.54) is 11.3 Å². The number of esters is 1. The van der Waals surface area contributed by atoms with Gasteiger partial charge in [0.2, 0.25) is 0 Å². The Morgan fingerprint density at radius 1 is 1.38 bits per heavy atom. The van der Waals surface area contributed by atoms with Crippen molar-refractivity contribution in [3.8, 4) is 0 Å². The number of carboxylic acids is 1. The van der Waals surface area contributed by atoms with Crippen LogP contribution in [0.15, 0.2) is 0 Å². The molecule has 0 unspecified atom stereocenters. The van der Waals surface area contributed by atoms with Crippen molar-refractivity contribution >= 4 is 23.3 Å². The molecule has 0 saturated carbocycles. The molecule has 1 aliphatic carbocycles. The summed E-state index contributed by atoms with van der Waals surface area (Å²) >= 11 is 1.24. The molecule has 1 N–H and O–H groups in total. The summed E-state index contributed by atoms with van der Waals surface area (Å²) in [5, 5.41) is 9.37. The Morgan fingerprint density at radius 2 is 2.10 bits per heavy atom. The fourth-order valence-electron chi connectivity index (χ4n) is 2.67. The number of carboxylic acid groups (broad SMARTS) is 1. The SMILES string of the molecule is CCCCOC(=O)c1c(C(=O)O)sc2c1CC(C)(C)CC2. The number of unbranched alkanes of at least 4 members (excludes halogenated alkanes) is 1. The van der Waals surface area contributed by atoms with E-state index in [0.717, 1.165) is 42.5 Å². The molecule has 0 aliphatic heterocycles. The minimum Gasteiger partial charge on any atom is -0.477 e. The standard InChI is InChI=1S/C16H22O4S/c1-4-5-8-20-15(19)12-10-9-16(2,3)7-6-11(10)21-13(12)14(17)18/h4-9H2,1-3H3,(H,17,18). The van der Waals surface area contributed by atoms with Crippen molar-refractivity contribution in [3.05, 3.63) is 20.9 Å². The second kappa shape index (κ2) is 6.18. The van der Waals surface area contributed by atoms with Gasteiger partial charge in [-0.2, -0.15) is 0 Å². The van der Waals surface area contributed by atoms with Crippen LogP contribution in [0.25, 0.3) is 0 Å². The molecular weight excluding hydrogens is 288 g/mol. The van der Waals surface area contributed by atoms with Crippen LogP contribution in [0.1, 0.15) is 70.5 Å². The molecular formula is C16H22O4S. The summed E-state index contributed by atoms with van der Waals surface area (Å²) in [6, 6.07) is 0. The molecule has 0 saturated heterocycles. The largest absolute Gasteiger partial charge is 0.477 e. The Labute approximate surface area is 129 Å². The number of aromatic carboxylic acids is 1. The maximum absolute atomic E-state index is 12.3. The van der Waals surface area contributed by atoms with E-state index in [-0.39, 0.29) is 10.3 Å². The lowest BCUT2D eigenvalue weighted by molar-refractivity contribution is 0.0488. The topological polar surface area (TPSA) is 63.6 Å². The van der Waals surface area contributed by atoms with Gasteiger partial charge in [-0.15, -0.1) is 11.3 Å². The van der Waals surface area contributed by atoms with Gasteiger partial charge in [0.25, 0.3) is 0 Å². The number of carbonyl (C=O) groups is 2. The van der Waals surface area contributed by atoms with Gasteiger partial charge in [0.1, 0.15) is 4.88 Å². The number of aryl methyl sites for hydroxylation is 1. The first-order valence-electron chi connectivity index (χ1n) is 7.40. The van der Waals surface area contributed by atoms with Crippen LogP contribution in [0, 0.1) is 5.41 Å². The maximum atomic E-state index is 12.3. The summed E-state index contributed by atoms with van der Waals surface area (Å²) in [5.41, 5.74) is 1.30. The third-order valence-corrected chi connectivity index (χ3v) is 5.18. The first-order valence-corrected chi connectivity index (χ1v) is 8.22. The van der Waals surface area contributed by atoms with Crippen LogP contribution in [-0.4, -0.2) is 23.7 Å². The minimum atomic E-state index is -1.03. The van der Waals surface area contributed by atoms with E-state index in [9.17, 15) is 14.7 Å². The molecule has 1 aromatic rings. The van der Waals surface area contributed by atoms with E-state index >= 15 is 0 Å². The molecule has 1 heterocycles. The average molecular weight is 310 g/mol. The number of carbonyl (C=O) groups excluding carboxylic acids is 1. The van der Waals surface area contributed by atoms with Gasteiger partial charge in [-0.25, -0.2) is 9.59 Å². The molecule has 116 valence electrons. The second-order valence-corrected chi connectivity index (χ2v) is 7.45. The van der Waals surface area contributed by atoms with Crippen molar-refractivity contribution in [3.63, 3.8) is 0 Å². The van der Waals surface area contributed by atoms with Gasteiger partial charge in [0.05, 0.1) is 12.2 Å². The molecule has 0 aromatic carbocycles. The lowest BCUT2D eigenvalue weighted by Gasteiger charge is -2.29. The molecule has 2 rings (SSSR count). The Kier molecular flexibility index (Phi) is 4.71. The first kappa shape index (κ1) is 16.0. The fraction of sp³-hybridized carbons (Fsp3) is 0.625. The zero-order valence-electron chi connectivity index (χ0n) is 12.8. The molecule has 0 amide bonds. The highest BCUT2D eigenvalue weighted by Crippen LogP contribution is 2.41. The van der Waals surface area contributed by atoms with Crippen LogP contribution < -0.4 is 0 Å². The zero-order valence-corrected chi connectivity index (χ0v) is 13.6. The Hall–Kier alpha value is -1.36. The van der Waals surface area contributed by atoms with Gasteiger partial charge in [-0.3, -0.25) is 0 Å². The predicted molar refractivity (Wildman–Crippen MR) is 82.3 cm³/mol. The third kappa shape index (κ3) is 3.46. The van der Waals surface area contributed by atoms with Gasteiger partial charge in [-0.05, 0) is 36.7 Å². The number of hydrogen-bond acceptors (Lipinski definition) is 4. The molecule has 1 aromatic heterocycles. The van der Waals surface area contributed by atoms with Crippen molar-refractivity contribution < 1.29 is 19.4 Å². The van der Waals surface area contributed by atoms with E-state index in [1.54, 1.807) is 0 Å². The van der Waals surface area contributed by atoms with E-state index in [4.69, 9.17) is 4.74 Å². The highest BCUT2D eigenvalue weighted by Gasteiger charge is 2.34. The third-order valence-electron chi connectivity index (χ3n) is 3.90. The van der Waals surface area contributed by atoms with Gasteiger partial charge in [-0.1, -0.05) is 27.2 Å². The van der Waals surface area contributed by atoms with Gasteiger partial charge in [0.15, 0.2) is 0 Å². The fourth-order valence-corrected chi connectivity index (χ4v) is 3.81. The Bertz CT molecular complexity index is 557. The summed E-state index contributed by atoms with van der Waals surface area (Å²) < 4.78 is 5.26. The summed E-state index contributed by atoms with van der Waals surface area (Å²) in [4.78, 5) is 24.9. The van der Waals surface area contributed by atoms with Crippen molar-refractivity contribution in [2.45, 2.75) is 52.9 Å². The zero-order chi connectivity index (χ0) is 15.6. The van der Waals surface area contributed by atoms with Crippen molar-refractivity contribution in [1.29, 1.82) is 0 Å². The van der Waals surface area contributed by atoms with Crippen LogP contribution in [0.3, 0.4) is 0 Å². The molecule has 5 heteroatoms. The van der Waals surface area contributed by atoms with Crippen molar-refractivity contribution in [2.75, 3.05) is 6.61 Å². The van der Waals surface area contributed by atoms with Gasteiger partial charge < -0.3 is 9.84 Å². The number of hydrogen-bond donors (Lipinski definition) is 1. The van der Waals surface area contributed by atoms with Crippen molar-refractivity contribution in [1.82, 2.24) is 0 Å². The van der Waals surface area contributed by atoms with Gasteiger partial charge >= 0.3 is 11.9 Å².